The number of rotatable bonds is 6. The van der Waals surface area contributed by atoms with Crippen molar-refractivity contribution in [1.82, 2.24) is 24.9 Å². The summed E-state index contributed by atoms with van der Waals surface area (Å²) >= 11 is 0. The van der Waals surface area contributed by atoms with Crippen molar-refractivity contribution in [3.63, 3.8) is 0 Å². The number of alkyl halides is 3. The van der Waals surface area contributed by atoms with Gasteiger partial charge in [0.25, 0.3) is 0 Å². The maximum absolute atomic E-state index is 12.2. The van der Waals surface area contributed by atoms with Gasteiger partial charge in [0.2, 0.25) is 0 Å². The highest BCUT2D eigenvalue weighted by atomic mass is 19.4. The van der Waals surface area contributed by atoms with E-state index in [-0.39, 0.29) is 0 Å². The van der Waals surface area contributed by atoms with Crippen LogP contribution in [0.15, 0.2) is 24.7 Å². The normalized spacial score (nSPS) is 12.3. The Bertz CT molecular complexity index is 570. The van der Waals surface area contributed by atoms with E-state index in [1.54, 1.807) is 0 Å². The van der Waals surface area contributed by atoms with Crippen LogP contribution >= 0.6 is 0 Å². The minimum absolute atomic E-state index is 0.305. The summed E-state index contributed by atoms with van der Waals surface area (Å²) in [6.07, 6.45) is 0.488. The molecule has 0 fully saturated rings. The number of halogens is 3. The highest BCUT2D eigenvalue weighted by molar-refractivity contribution is 5.05. The van der Waals surface area contributed by atoms with E-state index >= 15 is 0 Å². The molecule has 1 N–H and O–H groups in total. The minimum Gasteiger partial charge on any atom is -0.307 e. The van der Waals surface area contributed by atoms with Crippen molar-refractivity contribution >= 4 is 0 Å². The number of hydrogen-bond acceptors (Lipinski definition) is 3. The van der Waals surface area contributed by atoms with Gasteiger partial charge in [0.1, 0.15) is 6.54 Å². The van der Waals surface area contributed by atoms with Crippen molar-refractivity contribution < 1.29 is 13.2 Å². The largest absolute Gasteiger partial charge is 0.408 e. The van der Waals surface area contributed by atoms with Crippen molar-refractivity contribution in [3.8, 4) is 0 Å². The molecule has 0 aromatic carbocycles. The zero-order valence-corrected chi connectivity index (χ0v) is 11.9. The molecule has 0 saturated carbocycles. The Hall–Kier alpha value is -1.83. The van der Waals surface area contributed by atoms with Crippen LogP contribution in [0.25, 0.3) is 0 Å². The summed E-state index contributed by atoms with van der Waals surface area (Å²) in [7, 11) is 0. The van der Waals surface area contributed by atoms with Crippen LogP contribution in [0.2, 0.25) is 0 Å². The number of hydrogen-bond donors (Lipinski definition) is 1. The molecule has 2 aromatic heterocycles. The molecule has 0 saturated heterocycles. The molecule has 2 aromatic rings. The number of nitrogens with zero attached hydrogens (tertiary/aromatic N) is 4. The maximum atomic E-state index is 12.2. The Morgan fingerprint density at radius 3 is 2.67 bits per heavy atom. The zero-order valence-electron chi connectivity index (χ0n) is 11.9. The summed E-state index contributed by atoms with van der Waals surface area (Å²) in [5.41, 5.74) is 1.61. The molecule has 116 valence electrons. The van der Waals surface area contributed by atoms with E-state index in [4.69, 9.17) is 0 Å². The molecule has 8 heteroatoms. The van der Waals surface area contributed by atoms with Gasteiger partial charge in [0, 0.05) is 37.1 Å². The summed E-state index contributed by atoms with van der Waals surface area (Å²) in [4.78, 5) is 0. The monoisotopic (exact) mass is 301 g/mol. The average Bonchev–Trinajstić information content (AvgIpc) is 2.97. The summed E-state index contributed by atoms with van der Waals surface area (Å²) in [6.45, 7) is 4.03. The summed E-state index contributed by atoms with van der Waals surface area (Å²) in [6, 6.07) is 2.22. The standard InChI is InChI=1S/C13H18F3N5/c1-10(2)21-4-3-12(19-21)7-17-5-11-6-18-20(8-11)9-13(14,15)16/h3-4,6,8,10,17H,5,7,9H2,1-2H3. The minimum atomic E-state index is -4.25. The Balaban J connectivity index is 1.80. The first-order chi connectivity index (χ1) is 9.83. The molecule has 0 bridgehead atoms. The van der Waals surface area contributed by atoms with Crippen LogP contribution in [0.1, 0.15) is 31.1 Å². The van der Waals surface area contributed by atoms with Gasteiger partial charge in [-0.2, -0.15) is 23.4 Å². The molecule has 0 atom stereocenters. The molecular weight excluding hydrogens is 283 g/mol. The summed E-state index contributed by atoms with van der Waals surface area (Å²) in [5.74, 6) is 0. The van der Waals surface area contributed by atoms with Gasteiger partial charge >= 0.3 is 6.18 Å². The maximum Gasteiger partial charge on any atom is 0.408 e. The predicted octanol–water partition coefficient (Wildman–Crippen LogP) is 2.51. The molecule has 0 spiro atoms. The second-order valence-electron chi connectivity index (χ2n) is 5.15. The lowest BCUT2D eigenvalue weighted by atomic mass is 10.3. The van der Waals surface area contributed by atoms with Gasteiger partial charge in [0.05, 0.1) is 11.9 Å². The molecule has 5 nitrogen and oxygen atoms in total. The van der Waals surface area contributed by atoms with E-state index in [1.807, 2.05) is 30.8 Å². The highest BCUT2D eigenvalue weighted by Gasteiger charge is 2.28. The molecule has 0 unspecified atom stereocenters. The summed E-state index contributed by atoms with van der Waals surface area (Å²) < 4.78 is 39.4. The first-order valence-electron chi connectivity index (χ1n) is 6.66. The van der Waals surface area contributed by atoms with Crippen LogP contribution in [0.4, 0.5) is 13.2 Å². The van der Waals surface area contributed by atoms with Crippen molar-refractivity contribution in [2.45, 2.75) is 45.7 Å². The highest BCUT2D eigenvalue weighted by Crippen LogP contribution is 2.17. The molecular formula is C13H18F3N5. The molecule has 2 rings (SSSR count). The smallest absolute Gasteiger partial charge is 0.307 e. The third kappa shape index (κ3) is 4.89. The van der Waals surface area contributed by atoms with Crippen LogP contribution in [0.3, 0.4) is 0 Å². The van der Waals surface area contributed by atoms with Gasteiger partial charge in [-0.15, -0.1) is 0 Å². The van der Waals surface area contributed by atoms with Crippen molar-refractivity contribution in [3.05, 3.63) is 35.9 Å². The van der Waals surface area contributed by atoms with Crippen molar-refractivity contribution in [2.24, 2.45) is 0 Å². The van der Waals surface area contributed by atoms with Gasteiger partial charge in [0.15, 0.2) is 0 Å². The molecule has 0 aliphatic carbocycles. The molecule has 21 heavy (non-hydrogen) atoms. The third-order valence-corrected chi connectivity index (χ3v) is 2.86. The van der Waals surface area contributed by atoms with Gasteiger partial charge in [-0.1, -0.05) is 0 Å². The summed E-state index contributed by atoms with van der Waals surface area (Å²) in [5, 5.41) is 11.2. The fourth-order valence-corrected chi connectivity index (χ4v) is 1.86. The lowest BCUT2D eigenvalue weighted by Gasteiger charge is -2.05. The second-order valence-corrected chi connectivity index (χ2v) is 5.15. The zero-order chi connectivity index (χ0) is 15.5. The lowest BCUT2D eigenvalue weighted by Crippen LogP contribution is -2.18. The predicted molar refractivity (Wildman–Crippen MR) is 71.4 cm³/mol. The Kier molecular flexibility index (Phi) is 4.66. The number of nitrogens with one attached hydrogen (secondary N) is 1. The van der Waals surface area contributed by atoms with Crippen LogP contribution < -0.4 is 5.32 Å². The number of aromatic nitrogens is 4. The Morgan fingerprint density at radius 2 is 2.05 bits per heavy atom. The third-order valence-electron chi connectivity index (χ3n) is 2.86. The molecule has 2 heterocycles. The van der Waals surface area contributed by atoms with E-state index in [9.17, 15) is 13.2 Å². The van der Waals surface area contributed by atoms with E-state index in [2.05, 4.69) is 15.5 Å². The van der Waals surface area contributed by atoms with Crippen LogP contribution in [-0.2, 0) is 19.6 Å². The van der Waals surface area contributed by atoms with E-state index < -0.39 is 12.7 Å². The fraction of sp³-hybridized carbons (Fsp3) is 0.538. The first-order valence-corrected chi connectivity index (χ1v) is 6.66. The topological polar surface area (TPSA) is 47.7 Å². The van der Waals surface area contributed by atoms with Crippen LogP contribution in [0, 0.1) is 0 Å². The SMILES string of the molecule is CC(C)n1ccc(CNCc2cnn(CC(F)(F)F)c2)n1. The van der Waals surface area contributed by atoms with Crippen molar-refractivity contribution in [2.75, 3.05) is 0 Å². The van der Waals surface area contributed by atoms with E-state index in [0.29, 0.717) is 24.7 Å². The lowest BCUT2D eigenvalue weighted by molar-refractivity contribution is -0.142. The van der Waals surface area contributed by atoms with Crippen LogP contribution in [-0.4, -0.2) is 25.7 Å². The van der Waals surface area contributed by atoms with Gasteiger partial charge < -0.3 is 5.32 Å². The molecule has 0 aliphatic rings. The fourth-order valence-electron chi connectivity index (χ4n) is 1.86. The van der Waals surface area contributed by atoms with Gasteiger partial charge in [-0.3, -0.25) is 9.36 Å². The first kappa shape index (κ1) is 15.6. The van der Waals surface area contributed by atoms with Crippen LogP contribution in [0.5, 0.6) is 0 Å². The Morgan fingerprint density at radius 1 is 1.29 bits per heavy atom. The second kappa shape index (κ2) is 6.30. The molecule has 0 radical (unpaired) electrons. The van der Waals surface area contributed by atoms with Gasteiger partial charge in [-0.25, -0.2) is 0 Å². The van der Waals surface area contributed by atoms with E-state index in [0.717, 1.165) is 10.4 Å². The molecule has 0 amide bonds. The van der Waals surface area contributed by atoms with Gasteiger partial charge in [-0.05, 0) is 19.9 Å². The van der Waals surface area contributed by atoms with Crippen molar-refractivity contribution in [1.29, 1.82) is 0 Å². The average molecular weight is 301 g/mol. The molecule has 0 aliphatic heterocycles. The Labute approximate surface area is 120 Å². The van der Waals surface area contributed by atoms with E-state index in [1.165, 1.54) is 12.4 Å². The quantitative estimate of drug-likeness (QED) is 0.892.